The van der Waals surface area contributed by atoms with E-state index in [1.54, 1.807) is 9.47 Å². The number of hydrogen-bond acceptors (Lipinski definition) is 7. The predicted octanol–water partition coefficient (Wildman–Crippen LogP) is 0.916. The van der Waals surface area contributed by atoms with Gasteiger partial charge in [0.2, 0.25) is 11.9 Å². The highest BCUT2D eigenvalue weighted by molar-refractivity contribution is 7.09. The molecule has 0 spiro atoms. The van der Waals surface area contributed by atoms with Gasteiger partial charge in [-0.05, 0) is 25.2 Å². The summed E-state index contributed by atoms with van der Waals surface area (Å²) in [6.45, 7) is 2.58. The van der Waals surface area contributed by atoms with Crippen molar-refractivity contribution in [2.75, 3.05) is 24.7 Å². The Morgan fingerprint density at radius 1 is 1.36 bits per heavy atom. The van der Waals surface area contributed by atoms with E-state index in [9.17, 15) is 4.79 Å². The summed E-state index contributed by atoms with van der Waals surface area (Å²) in [5.41, 5.74) is 6.88. The summed E-state index contributed by atoms with van der Waals surface area (Å²) in [5, 5.41) is 0. The van der Waals surface area contributed by atoms with Gasteiger partial charge in [-0.2, -0.15) is 15.0 Å². The van der Waals surface area contributed by atoms with E-state index in [0.717, 1.165) is 25.0 Å². The van der Waals surface area contributed by atoms with Crippen LogP contribution < -0.4 is 15.5 Å². The highest BCUT2D eigenvalue weighted by Gasteiger charge is 2.22. The highest BCUT2D eigenvalue weighted by Crippen LogP contribution is 2.27. The first-order valence-electron chi connectivity index (χ1n) is 7.33. The fourth-order valence-corrected chi connectivity index (χ4v) is 3.91. The lowest BCUT2D eigenvalue weighted by atomic mass is 9.93. The Morgan fingerprint density at radius 3 is 2.86 bits per heavy atom. The molecule has 2 N–H and O–H groups in total. The number of hydrogen-bond donors (Lipinski definition) is 1. The van der Waals surface area contributed by atoms with Crippen LogP contribution in [0.25, 0.3) is 0 Å². The molecule has 1 atom stereocenters. The maximum Gasteiger partial charge on any atom is 0.307 e. The first-order chi connectivity index (χ1) is 10.4. The van der Waals surface area contributed by atoms with Gasteiger partial charge in [-0.3, -0.25) is 9.36 Å². The van der Waals surface area contributed by atoms with E-state index in [-0.39, 0.29) is 10.8 Å². The number of thiazole rings is 1. The summed E-state index contributed by atoms with van der Waals surface area (Å²) in [5.74, 6) is 1.86. The minimum absolute atomic E-state index is 0.0597. The third kappa shape index (κ3) is 2.83. The Labute approximate surface area is 132 Å². The van der Waals surface area contributed by atoms with E-state index < -0.39 is 0 Å². The van der Waals surface area contributed by atoms with Crippen LogP contribution in [0.2, 0.25) is 0 Å². The van der Waals surface area contributed by atoms with Crippen LogP contribution in [-0.2, 0) is 19.4 Å². The highest BCUT2D eigenvalue weighted by atomic mass is 32.1. The number of nitrogens with two attached hydrogens (primary N) is 1. The molecule has 0 fully saturated rings. The molecule has 0 radical (unpaired) electrons. The summed E-state index contributed by atoms with van der Waals surface area (Å²) in [4.78, 5) is 28.0. The standard InChI is InChI=1S/C14H20N6OS/c1-8-4-5-9-10(6-8)22-14(21)20(9)7-11-16-12(15)18-13(17-11)19(2)3/h8H,4-7H2,1-3H3,(H2,15,16,17,18)/t8-/m0/s1. The van der Waals surface area contributed by atoms with E-state index >= 15 is 0 Å². The largest absolute Gasteiger partial charge is 0.368 e. The second-order valence-electron chi connectivity index (χ2n) is 5.98. The van der Waals surface area contributed by atoms with Gasteiger partial charge in [-0.25, -0.2) is 0 Å². The molecule has 8 heteroatoms. The second-order valence-corrected chi connectivity index (χ2v) is 7.02. The topological polar surface area (TPSA) is 89.9 Å². The Hall–Kier alpha value is -1.96. The van der Waals surface area contributed by atoms with Crippen molar-refractivity contribution in [3.63, 3.8) is 0 Å². The molecule has 0 aromatic carbocycles. The quantitative estimate of drug-likeness (QED) is 0.904. The van der Waals surface area contributed by atoms with Crippen molar-refractivity contribution < 1.29 is 0 Å². The van der Waals surface area contributed by atoms with Gasteiger partial charge in [0.1, 0.15) is 0 Å². The van der Waals surface area contributed by atoms with Crippen molar-refractivity contribution in [3.8, 4) is 0 Å². The summed E-state index contributed by atoms with van der Waals surface area (Å²) in [7, 11) is 3.69. The molecular formula is C14H20N6OS. The van der Waals surface area contributed by atoms with Crippen LogP contribution in [-0.4, -0.2) is 33.6 Å². The monoisotopic (exact) mass is 320 g/mol. The van der Waals surface area contributed by atoms with Gasteiger partial charge in [-0.15, -0.1) is 0 Å². The van der Waals surface area contributed by atoms with E-state index in [1.165, 1.54) is 16.2 Å². The average Bonchev–Trinajstić information content (AvgIpc) is 2.73. The Balaban J connectivity index is 1.96. The van der Waals surface area contributed by atoms with Crippen molar-refractivity contribution >= 4 is 23.2 Å². The van der Waals surface area contributed by atoms with Crippen molar-refractivity contribution in [2.45, 2.75) is 32.7 Å². The zero-order chi connectivity index (χ0) is 15.9. The smallest absolute Gasteiger partial charge is 0.307 e. The SMILES string of the molecule is C[C@H]1CCc2c(sc(=O)n2Cc2nc(N)nc(N(C)C)n2)C1. The van der Waals surface area contributed by atoms with Crippen LogP contribution in [0, 0.1) is 5.92 Å². The molecule has 3 rings (SSSR count). The number of nitrogen functional groups attached to an aromatic ring is 1. The van der Waals surface area contributed by atoms with Crippen molar-refractivity contribution in [1.29, 1.82) is 0 Å². The fraction of sp³-hybridized carbons (Fsp3) is 0.571. The molecular weight excluding hydrogens is 300 g/mol. The molecule has 0 saturated heterocycles. The first kappa shape index (κ1) is 15.0. The fourth-order valence-electron chi connectivity index (χ4n) is 2.71. The van der Waals surface area contributed by atoms with Gasteiger partial charge < -0.3 is 10.6 Å². The molecule has 2 aromatic heterocycles. The van der Waals surface area contributed by atoms with Crippen LogP contribution in [0.3, 0.4) is 0 Å². The maximum atomic E-state index is 12.3. The molecule has 1 aliphatic rings. The number of rotatable bonds is 3. The molecule has 0 bridgehead atoms. The van der Waals surface area contributed by atoms with E-state index in [2.05, 4.69) is 21.9 Å². The minimum atomic E-state index is 0.0597. The second kappa shape index (κ2) is 5.68. The lowest BCUT2D eigenvalue weighted by molar-refractivity contribution is 0.486. The van der Waals surface area contributed by atoms with Gasteiger partial charge >= 0.3 is 4.87 Å². The first-order valence-corrected chi connectivity index (χ1v) is 8.15. The van der Waals surface area contributed by atoms with Gasteiger partial charge in [0.05, 0.1) is 6.54 Å². The number of fused-ring (bicyclic) bond motifs is 1. The molecule has 118 valence electrons. The van der Waals surface area contributed by atoms with E-state index in [1.807, 2.05) is 14.1 Å². The zero-order valence-corrected chi connectivity index (χ0v) is 13.9. The van der Waals surface area contributed by atoms with Crippen LogP contribution in [0.4, 0.5) is 11.9 Å². The summed E-state index contributed by atoms with van der Waals surface area (Å²) < 4.78 is 1.79. The van der Waals surface area contributed by atoms with E-state index in [0.29, 0.717) is 24.2 Å². The zero-order valence-electron chi connectivity index (χ0n) is 13.0. The summed E-state index contributed by atoms with van der Waals surface area (Å²) >= 11 is 1.35. The van der Waals surface area contributed by atoms with Gasteiger partial charge in [-0.1, -0.05) is 18.3 Å². The average molecular weight is 320 g/mol. The van der Waals surface area contributed by atoms with E-state index in [4.69, 9.17) is 5.73 Å². The third-order valence-corrected chi connectivity index (χ3v) is 4.92. The van der Waals surface area contributed by atoms with Gasteiger partial charge in [0.15, 0.2) is 5.82 Å². The molecule has 7 nitrogen and oxygen atoms in total. The molecule has 1 aliphatic carbocycles. The van der Waals surface area contributed by atoms with Crippen LogP contribution in [0.15, 0.2) is 4.79 Å². The Bertz CT molecular complexity index is 750. The normalized spacial score (nSPS) is 17.3. The Morgan fingerprint density at radius 2 is 2.14 bits per heavy atom. The molecule has 2 heterocycles. The van der Waals surface area contributed by atoms with Crippen LogP contribution in [0.5, 0.6) is 0 Å². The molecule has 0 saturated carbocycles. The number of nitrogens with zero attached hydrogens (tertiary/aromatic N) is 5. The van der Waals surface area contributed by atoms with Gasteiger partial charge in [0, 0.05) is 24.7 Å². The van der Waals surface area contributed by atoms with Crippen molar-refractivity contribution in [3.05, 3.63) is 26.1 Å². The molecule has 22 heavy (non-hydrogen) atoms. The lowest BCUT2D eigenvalue weighted by Crippen LogP contribution is -2.22. The third-order valence-electron chi connectivity index (χ3n) is 3.87. The predicted molar refractivity (Wildman–Crippen MR) is 87.4 cm³/mol. The number of aromatic nitrogens is 4. The maximum absolute atomic E-state index is 12.3. The molecule has 0 amide bonds. The molecule has 0 unspecified atom stereocenters. The van der Waals surface area contributed by atoms with Crippen molar-refractivity contribution in [2.24, 2.45) is 5.92 Å². The van der Waals surface area contributed by atoms with Crippen LogP contribution >= 0.6 is 11.3 Å². The Kier molecular flexibility index (Phi) is 3.86. The summed E-state index contributed by atoms with van der Waals surface area (Å²) in [6, 6.07) is 0. The van der Waals surface area contributed by atoms with Crippen LogP contribution in [0.1, 0.15) is 29.7 Å². The van der Waals surface area contributed by atoms with Crippen molar-refractivity contribution in [1.82, 2.24) is 19.5 Å². The number of anilines is 2. The lowest BCUT2D eigenvalue weighted by Gasteiger charge is -2.19. The summed E-state index contributed by atoms with van der Waals surface area (Å²) in [6.07, 6.45) is 3.05. The van der Waals surface area contributed by atoms with Gasteiger partial charge in [0.25, 0.3) is 0 Å². The minimum Gasteiger partial charge on any atom is -0.368 e. The molecule has 0 aliphatic heterocycles. The molecule has 2 aromatic rings.